The molecule has 0 atom stereocenters. The number of carbonyl (C=O) groups excluding carboxylic acids is 2. The van der Waals surface area contributed by atoms with Crippen molar-refractivity contribution in [2.45, 2.75) is 13.3 Å². The third-order valence-electron chi connectivity index (χ3n) is 2.29. The first-order chi connectivity index (χ1) is 6.22. The second kappa shape index (κ2) is 2.83. The molecule has 1 aliphatic heterocycles. The summed E-state index contributed by atoms with van der Waals surface area (Å²) in [5, 5.41) is 0. The van der Waals surface area contributed by atoms with E-state index >= 15 is 0 Å². The van der Waals surface area contributed by atoms with Gasteiger partial charge in [0, 0.05) is 24.7 Å². The molecule has 13 heavy (non-hydrogen) atoms. The Morgan fingerprint density at radius 2 is 2.00 bits per heavy atom. The minimum absolute atomic E-state index is 0.0274. The van der Waals surface area contributed by atoms with Crippen LogP contribution in [0.5, 0.6) is 0 Å². The normalized spacial score (nSPS) is 21.5. The van der Waals surface area contributed by atoms with Gasteiger partial charge in [-0.25, -0.2) is 0 Å². The zero-order valence-electron chi connectivity index (χ0n) is 7.54. The summed E-state index contributed by atoms with van der Waals surface area (Å²) in [5.41, 5.74) is 1.22. The Morgan fingerprint density at radius 3 is 2.54 bits per heavy atom. The molecule has 68 valence electrons. The van der Waals surface area contributed by atoms with Gasteiger partial charge in [-0.15, -0.1) is 0 Å². The van der Waals surface area contributed by atoms with Crippen LogP contribution in [0, 0.1) is 0 Å². The van der Waals surface area contributed by atoms with Gasteiger partial charge in [0.2, 0.25) is 5.78 Å². The Kier molecular flexibility index (Phi) is 1.79. The minimum atomic E-state index is -0.0571. The van der Waals surface area contributed by atoms with Gasteiger partial charge in [-0.2, -0.15) is 0 Å². The fraction of sp³-hybridized carbons (Fsp3) is 0.400. The van der Waals surface area contributed by atoms with Gasteiger partial charge >= 0.3 is 0 Å². The lowest BCUT2D eigenvalue weighted by atomic mass is 9.98. The van der Waals surface area contributed by atoms with E-state index in [9.17, 15) is 9.59 Å². The molecule has 0 unspecified atom stereocenters. The van der Waals surface area contributed by atoms with Crippen molar-refractivity contribution in [2.75, 3.05) is 13.1 Å². The standard InChI is InChI=1S/C10H11NO2/c1-2-7-5-8(12)6-9(10(7)13)11-3-4-11/h5-6H,2-4H2,1H3. The van der Waals surface area contributed by atoms with Crippen LogP contribution >= 0.6 is 0 Å². The molecule has 0 bridgehead atoms. The second-order valence-electron chi connectivity index (χ2n) is 3.27. The molecule has 0 saturated carbocycles. The number of allylic oxidation sites excluding steroid dienone is 3. The molecule has 2 rings (SSSR count). The molecule has 0 aromatic heterocycles. The van der Waals surface area contributed by atoms with E-state index in [1.807, 2.05) is 11.8 Å². The Balaban J connectivity index is 2.29. The van der Waals surface area contributed by atoms with Gasteiger partial charge in [0.25, 0.3) is 0 Å². The van der Waals surface area contributed by atoms with E-state index in [2.05, 4.69) is 0 Å². The average molecular weight is 177 g/mol. The monoisotopic (exact) mass is 177 g/mol. The minimum Gasteiger partial charge on any atom is -0.365 e. The van der Waals surface area contributed by atoms with E-state index in [1.54, 1.807) is 0 Å². The number of hydrogen-bond donors (Lipinski definition) is 0. The van der Waals surface area contributed by atoms with Gasteiger partial charge in [0.15, 0.2) is 5.78 Å². The Bertz CT molecular complexity index is 335. The third-order valence-corrected chi connectivity index (χ3v) is 2.29. The maximum atomic E-state index is 11.7. The molecule has 1 saturated heterocycles. The van der Waals surface area contributed by atoms with E-state index in [4.69, 9.17) is 0 Å². The van der Waals surface area contributed by atoms with Crippen molar-refractivity contribution in [3.63, 3.8) is 0 Å². The van der Waals surface area contributed by atoms with Crippen LogP contribution in [-0.4, -0.2) is 29.6 Å². The van der Waals surface area contributed by atoms with Crippen molar-refractivity contribution in [3.8, 4) is 0 Å². The summed E-state index contributed by atoms with van der Waals surface area (Å²) < 4.78 is 0. The Hall–Kier alpha value is -1.38. The van der Waals surface area contributed by atoms with Crippen molar-refractivity contribution in [1.82, 2.24) is 4.90 Å². The smallest absolute Gasteiger partial charge is 0.205 e. The van der Waals surface area contributed by atoms with Crippen molar-refractivity contribution >= 4 is 11.6 Å². The molecule has 0 amide bonds. The molecule has 2 aliphatic rings. The van der Waals surface area contributed by atoms with Crippen LogP contribution < -0.4 is 0 Å². The second-order valence-corrected chi connectivity index (χ2v) is 3.27. The predicted molar refractivity (Wildman–Crippen MR) is 48.0 cm³/mol. The van der Waals surface area contributed by atoms with Gasteiger partial charge < -0.3 is 4.90 Å². The van der Waals surface area contributed by atoms with Crippen LogP contribution in [0.3, 0.4) is 0 Å². The molecule has 0 aromatic rings. The first-order valence-corrected chi connectivity index (χ1v) is 4.48. The van der Waals surface area contributed by atoms with E-state index in [0.717, 1.165) is 13.1 Å². The van der Waals surface area contributed by atoms with E-state index in [1.165, 1.54) is 12.2 Å². The molecular weight excluding hydrogens is 166 g/mol. The molecule has 0 aromatic carbocycles. The summed E-state index contributed by atoms with van der Waals surface area (Å²) in [6.45, 7) is 3.70. The van der Waals surface area contributed by atoms with Gasteiger partial charge in [-0.1, -0.05) is 6.92 Å². The molecule has 3 heteroatoms. The molecule has 0 N–H and O–H groups in total. The fourth-order valence-corrected chi connectivity index (χ4v) is 1.43. The van der Waals surface area contributed by atoms with Crippen LogP contribution in [0.2, 0.25) is 0 Å². The molecule has 1 heterocycles. The summed E-state index contributed by atoms with van der Waals surface area (Å²) in [6, 6.07) is 0. The van der Waals surface area contributed by atoms with Crippen molar-refractivity contribution < 1.29 is 9.59 Å². The van der Waals surface area contributed by atoms with Gasteiger partial charge in [0.05, 0.1) is 5.70 Å². The van der Waals surface area contributed by atoms with Gasteiger partial charge in [-0.05, 0) is 12.5 Å². The SMILES string of the molecule is CCC1=CC(=O)C=C(N2CC2)C1=O. The van der Waals surface area contributed by atoms with Crippen molar-refractivity contribution in [1.29, 1.82) is 0 Å². The summed E-state index contributed by atoms with van der Waals surface area (Å²) in [7, 11) is 0. The Labute approximate surface area is 76.7 Å². The molecular formula is C10H11NO2. The first-order valence-electron chi connectivity index (χ1n) is 4.48. The summed E-state index contributed by atoms with van der Waals surface area (Å²) in [5.74, 6) is -0.0297. The van der Waals surface area contributed by atoms with Crippen LogP contribution in [0.1, 0.15) is 13.3 Å². The predicted octanol–water partition coefficient (Wildman–Crippen LogP) is 0.674. The van der Waals surface area contributed by atoms with Gasteiger partial charge in [0.1, 0.15) is 0 Å². The first kappa shape index (κ1) is 8.23. The number of carbonyl (C=O) groups is 2. The number of ketones is 2. The zero-order chi connectivity index (χ0) is 9.42. The number of rotatable bonds is 2. The zero-order valence-corrected chi connectivity index (χ0v) is 7.54. The van der Waals surface area contributed by atoms with E-state index < -0.39 is 0 Å². The topological polar surface area (TPSA) is 37.1 Å². The lowest BCUT2D eigenvalue weighted by molar-refractivity contribution is -0.116. The number of Topliss-reactive ketones (excluding diaryl/α,β-unsaturated/α-hetero) is 1. The fourth-order valence-electron chi connectivity index (χ4n) is 1.43. The molecule has 3 nitrogen and oxygen atoms in total. The lowest BCUT2D eigenvalue weighted by Crippen LogP contribution is -2.18. The van der Waals surface area contributed by atoms with Crippen LogP contribution in [0.4, 0.5) is 0 Å². The van der Waals surface area contributed by atoms with Crippen LogP contribution in [0.25, 0.3) is 0 Å². The number of nitrogens with zero attached hydrogens (tertiary/aromatic N) is 1. The Morgan fingerprint density at radius 1 is 1.31 bits per heavy atom. The highest BCUT2D eigenvalue weighted by atomic mass is 16.1. The summed E-state index contributed by atoms with van der Waals surface area (Å²) >= 11 is 0. The van der Waals surface area contributed by atoms with Crippen molar-refractivity contribution in [2.24, 2.45) is 0 Å². The van der Waals surface area contributed by atoms with Crippen molar-refractivity contribution in [3.05, 3.63) is 23.4 Å². The summed E-state index contributed by atoms with van der Waals surface area (Å²) in [4.78, 5) is 24.8. The van der Waals surface area contributed by atoms with E-state index in [-0.39, 0.29) is 11.6 Å². The molecule has 0 radical (unpaired) electrons. The van der Waals surface area contributed by atoms with Crippen LogP contribution in [0.15, 0.2) is 23.4 Å². The van der Waals surface area contributed by atoms with E-state index in [0.29, 0.717) is 17.7 Å². The largest absolute Gasteiger partial charge is 0.365 e. The molecule has 0 spiro atoms. The third kappa shape index (κ3) is 1.41. The lowest BCUT2D eigenvalue weighted by Gasteiger charge is -2.12. The maximum Gasteiger partial charge on any atom is 0.205 e. The quantitative estimate of drug-likeness (QED) is 0.459. The van der Waals surface area contributed by atoms with Crippen LogP contribution in [-0.2, 0) is 9.59 Å². The average Bonchev–Trinajstić information content (AvgIpc) is 2.91. The molecule has 1 aliphatic carbocycles. The maximum absolute atomic E-state index is 11.7. The summed E-state index contributed by atoms with van der Waals surface area (Å²) in [6.07, 6.45) is 3.51. The van der Waals surface area contributed by atoms with Gasteiger partial charge in [-0.3, -0.25) is 9.59 Å². The highest BCUT2D eigenvalue weighted by molar-refractivity contribution is 6.20. The number of hydrogen-bond acceptors (Lipinski definition) is 3. The molecule has 1 fully saturated rings. The highest BCUT2D eigenvalue weighted by Crippen LogP contribution is 2.23. The highest BCUT2D eigenvalue weighted by Gasteiger charge is 2.30.